The first-order valence-electron chi connectivity index (χ1n) is 7.83. The number of rotatable bonds is 2. The summed E-state index contributed by atoms with van der Waals surface area (Å²) in [5.41, 5.74) is 5.08. The first kappa shape index (κ1) is 15.3. The number of hydrogen-bond donors (Lipinski definition) is 0. The van der Waals surface area contributed by atoms with Crippen molar-refractivity contribution in [3.63, 3.8) is 0 Å². The first-order valence-corrected chi connectivity index (χ1v) is 9.65. The zero-order valence-electron chi connectivity index (χ0n) is 13.3. The van der Waals surface area contributed by atoms with Gasteiger partial charge in [-0.25, -0.2) is 13.4 Å². The lowest BCUT2D eigenvalue weighted by molar-refractivity contribution is 0.582. The van der Waals surface area contributed by atoms with E-state index < -0.39 is 15.8 Å². The van der Waals surface area contributed by atoms with Gasteiger partial charge in [0.1, 0.15) is 0 Å². The van der Waals surface area contributed by atoms with Gasteiger partial charge in [0.15, 0.2) is 9.84 Å². The molecule has 3 heterocycles. The van der Waals surface area contributed by atoms with Crippen LogP contribution in [0.2, 0.25) is 0 Å². The lowest BCUT2D eigenvalue weighted by Gasteiger charge is -2.14. The number of pyridine rings is 1. The molecule has 0 saturated heterocycles. The van der Waals surface area contributed by atoms with E-state index in [-0.39, 0.29) is 11.5 Å². The molecule has 4 rings (SSSR count). The van der Waals surface area contributed by atoms with E-state index in [9.17, 15) is 12.8 Å². The molecule has 124 valence electrons. The van der Waals surface area contributed by atoms with E-state index in [0.29, 0.717) is 12.8 Å². The Morgan fingerprint density at radius 1 is 1.21 bits per heavy atom. The molecule has 0 N–H and O–H groups in total. The standard InChI is InChI=1S/C18H17FN2O2S/c1-21-16-4-2-12(8-13-3-5-18(19)20-10-13)9-14(16)15-11-24(22,23)7-6-17(15)21/h2-5,9-10H,6-8,11H2,1H3. The minimum Gasteiger partial charge on any atom is -0.347 e. The second kappa shape index (κ2) is 5.41. The molecule has 0 spiro atoms. The van der Waals surface area contributed by atoms with Gasteiger partial charge < -0.3 is 4.57 Å². The highest BCUT2D eigenvalue weighted by molar-refractivity contribution is 7.90. The second-order valence-corrected chi connectivity index (χ2v) is 8.53. The van der Waals surface area contributed by atoms with Crippen molar-refractivity contribution in [2.24, 2.45) is 7.05 Å². The number of halogens is 1. The number of hydrogen-bond acceptors (Lipinski definition) is 3. The number of aryl methyl sites for hydroxylation is 1. The monoisotopic (exact) mass is 344 g/mol. The maximum absolute atomic E-state index is 12.9. The molecule has 6 heteroatoms. The van der Waals surface area contributed by atoms with Gasteiger partial charge in [-0.15, -0.1) is 0 Å². The Balaban J connectivity index is 1.79. The van der Waals surface area contributed by atoms with Gasteiger partial charge in [0, 0.05) is 36.3 Å². The largest absolute Gasteiger partial charge is 0.347 e. The summed E-state index contributed by atoms with van der Waals surface area (Å²) in [7, 11) is -1.03. The summed E-state index contributed by atoms with van der Waals surface area (Å²) in [6.07, 6.45) is 2.74. The van der Waals surface area contributed by atoms with Crippen LogP contribution >= 0.6 is 0 Å². The summed E-state index contributed by atoms with van der Waals surface area (Å²) in [5.74, 6) is -0.156. The molecule has 0 unspecified atom stereocenters. The van der Waals surface area contributed by atoms with Gasteiger partial charge >= 0.3 is 0 Å². The van der Waals surface area contributed by atoms with Gasteiger partial charge in [-0.3, -0.25) is 0 Å². The molecular formula is C18H17FN2O2S. The van der Waals surface area contributed by atoms with Crippen LogP contribution < -0.4 is 0 Å². The fourth-order valence-electron chi connectivity index (χ4n) is 3.50. The second-order valence-electron chi connectivity index (χ2n) is 6.34. The summed E-state index contributed by atoms with van der Waals surface area (Å²) in [6.45, 7) is 0. The smallest absolute Gasteiger partial charge is 0.212 e. The molecule has 0 saturated carbocycles. The van der Waals surface area contributed by atoms with Crippen molar-refractivity contribution < 1.29 is 12.8 Å². The van der Waals surface area contributed by atoms with Crippen LogP contribution in [0.15, 0.2) is 36.5 Å². The SMILES string of the molecule is Cn1c2c(c3cc(Cc4ccc(F)nc4)ccc31)CS(=O)(=O)CC2. The van der Waals surface area contributed by atoms with Crippen molar-refractivity contribution in [3.05, 3.63) is 64.9 Å². The minimum atomic E-state index is -3.02. The summed E-state index contributed by atoms with van der Waals surface area (Å²) in [6, 6.07) is 9.19. The Kier molecular flexibility index (Phi) is 3.46. The quantitative estimate of drug-likeness (QED) is 0.672. The van der Waals surface area contributed by atoms with Gasteiger partial charge in [-0.2, -0.15) is 4.39 Å². The number of fused-ring (bicyclic) bond motifs is 3. The van der Waals surface area contributed by atoms with Crippen molar-refractivity contribution in [3.8, 4) is 0 Å². The highest BCUT2D eigenvalue weighted by Crippen LogP contribution is 2.32. The topological polar surface area (TPSA) is 52.0 Å². The molecule has 2 aromatic heterocycles. The molecule has 1 aliphatic rings. The fraction of sp³-hybridized carbons (Fsp3) is 0.278. The third-order valence-corrected chi connectivity index (χ3v) is 6.27. The number of benzene rings is 1. The van der Waals surface area contributed by atoms with Crippen molar-refractivity contribution in [1.29, 1.82) is 0 Å². The first-order chi connectivity index (χ1) is 11.4. The molecule has 1 aromatic carbocycles. The van der Waals surface area contributed by atoms with E-state index in [4.69, 9.17) is 0 Å². The maximum Gasteiger partial charge on any atom is 0.212 e. The molecule has 0 bridgehead atoms. The van der Waals surface area contributed by atoms with Crippen LogP contribution in [-0.4, -0.2) is 23.7 Å². The highest BCUT2D eigenvalue weighted by Gasteiger charge is 2.26. The Morgan fingerprint density at radius 2 is 2.00 bits per heavy atom. The summed E-state index contributed by atoms with van der Waals surface area (Å²) in [5, 5.41) is 1.00. The Hall–Kier alpha value is -2.21. The fourth-order valence-corrected chi connectivity index (χ4v) is 4.91. The van der Waals surface area contributed by atoms with E-state index in [2.05, 4.69) is 15.6 Å². The minimum absolute atomic E-state index is 0.112. The molecule has 0 aliphatic carbocycles. The van der Waals surface area contributed by atoms with E-state index >= 15 is 0 Å². The molecule has 3 aromatic rings. The third kappa shape index (κ3) is 2.60. The van der Waals surface area contributed by atoms with Gasteiger partial charge in [-0.05, 0) is 41.3 Å². The average molecular weight is 344 g/mol. The zero-order chi connectivity index (χ0) is 16.9. The molecule has 0 atom stereocenters. The van der Waals surface area contributed by atoms with E-state index in [1.807, 2.05) is 19.2 Å². The molecule has 0 amide bonds. The highest BCUT2D eigenvalue weighted by atomic mass is 32.2. The Labute approximate surface area is 139 Å². The molecular weight excluding hydrogens is 327 g/mol. The van der Waals surface area contributed by atoms with Crippen molar-refractivity contribution in [2.45, 2.75) is 18.6 Å². The van der Waals surface area contributed by atoms with Gasteiger partial charge in [0.2, 0.25) is 5.95 Å². The zero-order valence-corrected chi connectivity index (χ0v) is 14.1. The van der Waals surface area contributed by atoms with Crippen LogP contribution in [0.25, 0.3) is 10.9 Å². The van der Waals surface area contributed by atoms with Crippen molar-refractivity contribution in [2.75, 3.05) is 5.75 Å². The number of sulfone groups is 1. The predicted molar refractivity (Wildman–Crippen MR) is 91.1 cm³/mol. The van der Waals surface area contributed by atoms with E-state index in [1.165, 1.54) is 12.3 Å². The van der Waals surface area contributed by atoms with Crippen LogP contribution in [0, 0.1) is 5.95 Å². The van der Waals surface area contributed by atoms with Crippen LogP contribution in [0.5, 0.6) is 0 Å². The van der Waals surface area contributed by atoms with Crippen LogP contribution in [0.4, 0.5) is 4.39 Å². The molecule has 0 radical (unpaired) electrons. The lowest BCUT2D eigenvalue weighted by atomic mass is 10.0. The molecule has 0 fully saturated rings. The van der Waals surface area contributed by atoms with Crippen LogP contribution in [0.1, 0.15) is 22.4 Å². The summed E-state index contributed by atoms with van der Waals surface area (Å²) < 4.78 is 39.1. The Bertz CT molecular complexity index is 1040. The Morgan fingerprint density at radius 3 is 2.75 bits per heavy atom. The van der Waals surface area contributed by atoms with Crippen LogP contribution in [0.3, 0.4) is 0 Å². The lowest BCUT2D eigenvalue weighted by Crippen LogP contribution is -2.19. The third-order valence-electron chi connectivity index (χ3n) is 4.71. The summed E-state index contributed by atoms with van der Waals surface area (Å²) >= 11 is 0. The van der Waals surface area contributed by atoms with E-state index in [1.54, 1.807) is 6.07 Å². The van der Waals surface area contributed by atoms with Gasteiger partial charge in [0.05, 0.1) is 11.5 Å². The summed E-state index contributed by atoms with van der Waals surface area (Å²) in [4.78, 5) is 3.68. The van der Waals surface area contributed by atoms with Crippen molar-refractivity contribution in [1.82, 2.24) is 9.55 Å². The maximum atomic E-state index is 12.9. The molecule has 24 heavy (non-hydrogen) atoms. The van der Waals surface area contributed by atoms with E-state index in [0.717, 1.165) is 33.3 Å². The predicted octanol–water partition coefficient (Wildman–Crippen LogP) is 2.77. The molecule has 4 nitrogen and oxygen atoms in total. The molecule has 1 aliphatic heterocycles. The number of aromatic nitrogens is 2. The van der Waals surface area contributed by atoms with Crippen LogP contribution in [-0.2, 0) is 35.5 Å². The number of nitrogens with zero attached hydrogens (tertiary/aromatic N) is 2. The van der Waals surface area contributed by atoms with Crippen molar-refractivity contribution >= 4 is 20.7 Å². The normalized spacial score (nSPS) is 16.2. The van der Waals surface area contributed by atoms with Gasteiger partial charge in [0.25, 0.3) is 0 Å². The van der Waals surface area contributed by atoms with Gasteiger partial charge in [-0.1, -0.05) is 12.1 Å². The average Bonchev–Trinajstić information content (AvgIpc) is 2.81.